The highest BCUT2D eigenvalue weighted by Crippen LogP contribution is 2.34. The molecule has 2 aromatic carbocycles. The fourth-order valence-corrected chi connectivity index (χ4v) is 5.58. The number of nitrogens with zero attached hydrogens (tertiary/aromatic N) is 2. The first-order valence-electron chi connectivity index (χ1n) is 13.3. The Kier molecular flexibility index (Phi) is 7.76. The molecule has 2 heterocycles. The average molecular weight is 503 g/mol. The molecule has 0 saturated heterocycles. The topological polar surface area (TPSA) is 59.0 Å². The summed E-state index contributed by atoms with van der Waals surface area (Å²) in [6.45, 7) is 1.68. The van der Waals surface area contributed by atoms with Gasteiger partial charge in [-0.15, -0.1) is 0 Å². The van der Waals surface area contributed by atoms with Crippen LogP contribution in [-0.2, 0) is 19.9 Å². The van der Waals surface area contributed by atoms with Crippen LogP contribution in [0.5, 0.6) is 0 Å². The van der Waals surface area contributed by atoms with Gasteiger partial charge in [0.05, 0.1) is 11.1 Å². The van der Waals surface area contributed by atoms with Crippen molar-refractivity contribution in [2.75, 3.05) is 18.4 Å². The van der Waals surface area contributed by atoms with Gasteiger partial charge in [-0.1, -0.05) is 49.1 Å². The van der Waals surface area contributed by atoms with Crippen LogP contribution >= 0.6 is 11.6 Å². The maximum absolute atomic E-state index is 12.7. The van der Waals surface area contributed by atoms with E-state index in [4.69, 9.17) is 16.6 Å². The number of unbranched alkanes of at least 4 members (excludes halogenated alkanes) is 4. The molecule has 0 radical (unpaired) electrons. The van der Waals surface area contributed by atoms with Gasteiger partial charge in [0.15, 0.2) is 0 Å². The quantitative estimate of drug-likeness (QED) is 0.228. The van der Waals surface area contributed by atoms with Crippen molar-refractivity contribution in [1.82, 2.24) is 14.9 Å². The van der Waals surface area contributed by atoms with Gasteiger partial charge in [0, 0.05) is 59.0 Å². The minimum Gasteiger partial charge on any atom is -0.384 e. The summed E-state index contributed by atoms with van der Waals surface area (Å²) >= 11 is 6.24. The number of halogens is 1. The van der Waals surface area contributed by atoms with Crippen molar-refractivity contribution in [3.63, 3.8) is 0 Å². The number of benzene rings is 2. The Morgan fingerprint density at radius 3 is 2.64 bits per heavy atom. The Hall–Kier alpha value is -3.05. The molecule has 0 fully saturated rings. The Balaban J connectivity index is 1.05. The molecule has 1 aliphatic carbocycles. The van der Waals surface area contributed by atoms with E-state index in [9.17, 15) is 4.79 Å². The van der Waals surface area contributed by atoms with Gasteiger partial charge in [0.25, 0.3) is 5.91 Å². The van der Waals surface area contributed by atoms with Crippen molar-refractivity contribution >= 4 is 45.0 Å². The summed E-state index contributed by atoms with van der Waals surface area (Å²) in [6, 6.07) is 14.1. The van der Waals surface area contributed by atoms with E-state index >= 15 is 0 Å². The molecular formula is C30H35ClN4O. The van der Waals surface area contributed by atoms with Gasteiger partial charge in [-0.3, -0.25) is 9.78 Å². The number of nitrogens with one attached hydrogen (secondary N) is 2. The van der Waals surface area contributed by atoms with Crippen LogP contribution in [0.1, 0.15) is 66.6 Å². The van der Waals surface area contributed by atoms with Crippen LogP contribution in [0.3, 0.4) is 0 Å². The van der Waals surface area contributed by atoms with Gasteiger partial charge in [-0.2, -0.15) is 0 Å². The maximum Gasteiger partial charge on any atom is 0.253 e. The molecule has 6 heteroatoms. The smallest absolute Gasteiger partial charge is 0.253 e. The van der Waals surface area contributed by atoms with E-state index in [1.54, 1.807) is 0 Å². The number of fused-ring (bicyclic) bond motifs is 3. The van der Waals surface area contributed by atoms with Gasteiger partial charge >= 0.3 is 0 Å². The van der Waals surface area contributed by atoms with E-state index in [-0.39, 0.29) is 5.91 Å². The number of carbonyl (C=O) groups excluding carboxylic acids is 1. The van der Waals surface area contributed by atoms with Crippen molar-refractivity contribution < 1.29 is 4.79 Å². The fourth-order valence-electron chi connectivity index (χ4n) is 5.41. The maximum atomic E-state index is 12.7. The lowest BCUT2D eigenvalue weighted by atomic mass is 9.92. The number of aromatic nitrogens is 2. The number of rotatable bonds is 10. The van der Waals surface area contributed by atoms with Crippen LogP contribution in [0.4, 0.5) is 5.69 Å². The number of hydrogen-bond donors (Lipinski definition) is 2. The Bertz CT molecular complexity index is 1380. The molecule has 1 amide bonds. The molecule has 4 aromatic rings. The second kappa shape index (κ2) is 11.3. The minimum absolute atomic E-state index is 0.0187. The number of aryl methyl sites for hydroxylation is 2. The van der Waals surface area contributed by atoms with Crippen LogP contribution < -0.4 is 10.6 Å². The lowest BCUT2D eigenvalue weighted by Gasteiger charge is -2.22. The van der Waals surface area contributed by atoms with E-state index in [1.807, 2.05) is 54.2 Å². The molecule has 2 N–H and O–H groups in total. The molecule has 36 heavy (non-hydrogen) atoms. The van der Waals surface area contributed by atoms with Gasteiger partial charge in [0.1, 0.15) is 0 Å². The summed E-state index contributed by atoms with van der Waals surface area (Å²) in [5.41, 5.74) is 6.74. The Morgan fingerprint density at radius 1 is 0.972 bits per heavy atom. The van der Waals surface area contributed by atoms with Crippen molar-refractivity contribution in [3.8, 4) is 0 Å². The summed E-state index contributed by atoms with van der Waals surface area (Å²) in [5, 5.41) is 9.78. The van der Waals surface area contributed by atoms with Crippen LogP contribution in [0.2, 0.25) is 5.02 Å². The standard InChI is InChI=1S/C30H35ClN4O/c1-35-20-25(22-11-6-8-14-28(22)35)30(36)33-18-10-4-2-3-9-17-32-29-23-12-5-7-13-26(23)34-27-19-21(31)15-16-24(27)29/h6,8,11,14-16,19-20H,2-5,7,9-10,12-13,17-18H2,1H3,(H,32,34)(H,33,36). The third kappa shape index (κ3) is 5.36. The monoisotopic (exact) mass is 502 g/mol. The first kappa shape index (κ1) is 24.6. The van der Waals surface area contributed by atoms with E-state index in [1.165, 1.54) is 48.0 Å². The first-order chi connectivity index (χ1) is 17.6. The zero-order valence-electron chi connectivity index (χ0n) is 21.1. The number of carbonyl (C=O) groups is 1. The molecule has 0 bridgehead atoms. The predicted molar refractivity (Wildman–Crippen MR) is 150 cm³/mol. The molecule has 0 aliphatic heterocycles. The van der Waals surface area contributed by atoms with E-state index < -0.39 is 0 Å². The van der Waals surface area contributed by atoms with Gasteiger partial charge in [-0.05, 0) is 68.4 Å². The predicted octanol–water partition coefficient (Wildman–Crippen LogP) is 7.05. The highest BCUT2D eigenvalue weighted by molar-refractivity contribution is 6.31. The Labute approximate surface area is 218 Å². The van der Waals surface area contributed by atoms with Gasteiger partial charge in [0.2, 0.25) is 0 Å². The second-order valence-electron chi connectivity index (χ2n) is 9.90. The first-order valence-corrected chi connectivity index (χ1v) is 13.7. The van der Waals surface area contributed by atoms with Crippen molar-refractivity contribution in [3.05, 3.63) is 70.5 Å². The number of para-hydroxylation sites is 1. The minimum atomic E-state index is 0.0187. The van der Waals surface area contributed by atoms with Crippen LogP contribution in [-0.4, -0.2) is 28.5 Å². The van der Waals surface area contributed by atoms with Crippen LogP contribution in [0.15, 0.2) is 48.7 Å². The molecule has 0 saturated carbocycles. The molecule has 0 unspecified atom stereocenters. The largest absolute Gasteiger partial charge is 0.384 e. The number of hydrogen-bond acceptors (Lipinski definition) is 3. The van der Waals surface area contributed by atoms with E-state index in [0.29, 0.717) is 0 Å². The molecule has 5 nitrogen and oxygen atoms in total. The highest BCUT2D eigenvalue weighted by Gasteiger charge is 2.18. The normalized spacial score (nSPS) is 13.2. The number of anilines is 1. The van der Waals surface area contributed by atoms with Crippen molar-refractivity contribution in [1.29, 1.82) is 0 Å². The molecule has 2 aromatic heterocycles. The summed E-state index contributed by atoms with van der Waals surface area (Å²) in [4.78, 5) is 17.6. The number of amides is 1. The summed E-state index contributed by atoms with van der Waals surface area (Å²) < 4.78 is 2.01. The van der Waals surface area contributed by atoms with E-state index in [2.05, 4.69) is 16.7 Å². The zero-order chi connectivity index (χ0) is 24.9. The van der Waals surface area contributed by atoms with Crippen molar-refractivity contribution in [2.24, 2.45) is 7.05 Å². The fraction of sp³-hybridized carbons (Fsp3) is 0.400. The van der Waals surface area contributed by atoms with Gasteiger partial charge < -0.3 is 15.2 Å². The molecule has 188 valence electrons. The average Bonchev–Trinajstić information content (AvgIpc) is 3.23. The highest BCUT2D eigenvalue weighted by atomic mass is 35.5. The van der Waals surface area contributed by atoms with Crippen molar-refractivity contribution in [2.45, 2.75) is 57.8 Å². The molecule has 5 rings (SSSR count). The lowest BCUT2D eigenvalue weighted by Crippen LogP contribution is -2.24. The number of pyridine rings is 1. The summed E-state index contributed by atoms with van der Waals surface area (Å²) in [7, 11) is 1.98. The third-order valence-electron chi connectivity index (χ3n) is 7.31. The zero-order valence-corrected chi connectivity index (χ0v) is 21.8. The molecule has 0 atom stereocenters. The molecule has 1 aliphatic rings. The molecule has 0 spiro atoms. The van der Waals surface area contributed by atoms with Gasteiger partial charge in [-0.25, -0.2) is 0 Å². The molecular weight excluding hydrogens is 468 g/mol. The van der Waals surface area contributed by atoms with Crippen LogP contribution in [0, 0.1) is 0 Å². The SMILES string of the molecule is Cn1cc(C(=O)NCCCCCCCNc2c3c(nc4cc(Cl)ccc24)CCCC3)c2ccccc21. The summed E-state index contributed by atoms with van der Waals surface area (Å²) in [6.07, 6.45) is 12.2. The van der Waals surface area contributed by atoms with Crippen LogP contribution in [0.25, 0.3) is 21.8 Å². The summed E-state index contributed by atoms with van der Waals surface area (Å²) in [5.74, 6) is 0.0187. The second-order valence-corrected chi connectivity index (χ2v) is 10.3. The Morgan fingerprint density at radius 2 is 1.75 bits per heavy atom. The van der Waals surface area contributed by atoms with E-state index in [0.717, 1.165) is 72.2 Å². The lowest BCUT2D eigenvalue weighted by molar-refractivity contribution is 0.0954. The third-order valence-corrected chi connectivity index (χ3v) is 7.54.